The molecule has 2 rings (SSSR count). The Labute approximate surface area is 63.3 Å². The molecule has 2 heterocycles. The van der Waals surface area contributed by atoms with Crippen LogP contribution in [0.25, 0.3) is 5.52 Å². The van der Waals surface area contributed by atoms with Crippen LogP contribution in [0.5, 0.6) is 0 Å². The van der Waals surface area contributed by atoms with E-state index in [1.807, 2.05) is 0 Å². The number of pyridine rings is 1. The fraction of sp³-hybridized carbons (Fsp3) is 0.125. The van der Waals surface area contributed by atoms with Crippen LogP contribution in [0, 0.1) is 12.7 Å². The summed E-state index contributed by atoms with van der Waals surface area (Å²) < 4.78 is 14.5. The molecule has 0 saturated carbocycles. The van der Waals surface area contributed by atoms with Crippen LogP contribution in [0.4, 0.5) is 4.39 Å². The van der Waals surface area contributed by atoms with Gasteiger partial charge in [0, 0.05) is 6.20 Å². The van der Waals surface area contributed by atoms with Gasteiger partial charge in [-0.3, -0.25) is 0 Å². The third-order valence-corrected chi connectivity index (χ3v) is 1.69. The Morgan fingerprint density at radius 2 is 2.36 bits per heavy atom. The highest BCUT2D eigenvalue weighted by Gasteiger charge is 1.98. The van der Waals surface area contributed by atoms with E-state index in [1.54, 1.807) is 29.9 Å². The van der Waals surface area contributed by atoms with Gasteiger partial charge in [0.25, 0.3) is 0 Å². The van der Waals surface area contributed by atoms with Crippen LogP contribution in [0.15, 0.2) is 24.8 Å². The molecule has 56 valence electrons. The summed E-state index contributed by atoms with van der Waals surface area (Å²) >= 11 is 0. The van der Waals surface area contributed by atoms with Crippen molar-refractivity contribution in [3.8, 4) is 0 Å². The SMILES string of the molecule is Cc1cc2cncn2cc1F. The van der Waals surface area contributed by atoms with E-state index < -0.39 is 0 Å². The molecule has 0 saturated heterocycles. The Balaban J connectivity index is 2.86. The van der Waals surface area contributed by atoms with Crippen LogP contribution in [-0.2, 0) is 0 Å². The number of halogens is 1. The Kier molecular flexibility index (Phi) is 1.18. The zero-order valence-corrected chi connectivity index (χ0v) is 6.08. The van der Waals surface area contributed by atoms with E-state index >= 15 is 0 Å². The molecule has 0 N–H and O–H groups in total. The summed E-state index contributed by atoms with van der Waals surface area (Å²) in [6.45, 7) is 1.74. The molecule has 11 heavy (non-hydrogen) atoms. The standard InChI is InChI=1S/C8H7FN2/c1-6-2-7-3-10-5-11(7)4-8(6)9/h2-5H,1H3. The third kappa shape index (κ3) is 0.888. The van der Waals surface area contributed by atoms with Gasteiger partial charge in [-0.1, -0.05) is 0 Å². The van der Waals surface area contributed by atoms with Gasteiger partial charge in [-0.05, 0) is 18.6 Å². The fourth-order valence-electron chi connectivity index (χ4n) is 1.05. The highest BCUT2D eigenvalue weighted by atomic mass is 19.1. The third-order valence-electron chi connectivity index (χ3n) is 1.69. The quantitative estimate of drug-likeness (QED) is 0.559. The zero-order valence-electron chi connectivity index (χ0n) is 6.08. The number of nitrogens with zero attached hydrogens (tertiary/aromatic N) is 2. The van der Waals surface area contributed by atoms with Crippen LogP contribution < -0.4 is 0 Å². The number of aryl methyl sites for hydroxylation is 1. The molecule has 0 radical (unpaired) electrons. The van der Waals surface area contributed by atoms with E-state index in [-0.39, 0.29) is 5.82 Å². The first kappa shape index (κ1) is 6.34. The first-order valence-corrected chi connectivity index (χ1v) is 3.35. The maximum absolute atomic E-state index is 12.9. The normalized spacial score (nSPS) is 10.7. The monoisotopic (exact) mass is 150 g/mol. The van der Waals surface area contributed by atoms with E-state index in [1.165, 1.54) is 6.20 Å². The molecule has 0 aliphatic carbocycles. The van der Waals surface area contributed by atoms with Crippen LogP contribution in [-0.4, -0.2) is 9.38 Å². The Bertz CT molecular complexity index is 356. The van der Waals surface area contributed by atoms with Gasteiger partial charge in [0.1, 0.15) is 5.82 Å². The molecule has 0 spiro atoms. The minimum atomic E-state index is -0.199. The maximum Gasteiger partial charge on any atom is 0.142 e. The van der Waals surface area contributed by atoms with Crippen LogP contribution in [0.3, 0.4) is 0 Å². The van der Waals surface area contributed by atoms with Gasteiger partial charge in [-0.15, -0.1) is 0 Å². The molecule has 0 aliphatic heterocycles. The van der Waals surface area contributed by atoms with Crippen LogP contribution >= 0.6 is 0 Å². The van der Waals surface area contributed by atoms with Gasteiger partial charge in [0.15, 0.2) is 0 Å². The van der Waals surface area contributed by atoms with E-state index in [9.17, 15) is 4.39 Å². The van der Waals surface area contributed by atoms with Gasteiger partial charge in [0.2, 0.25) is 0 Å². The summed E-state index contributed by atoms with van der Waals surface area (Å²) in [7, 11) is 0. The van der Waals surface area contributed by atoms with E-state index in [0.29, 0.717) is 5.56 Å². The molecule has 0 amide bonds. The van der Waals surface area contributed by atoms with Gasteiger partial charge < -0.3 is 4.40 Å². The molecule has 0 unspecified atom stereocenters. The summed E-state index contributed by atoms with van der Waals surface area (Å²) in [5, 5.41) is 0. The largest absolute Gasteiger partial charge is 0.303 e. The highest BCUT2D eigenvalue weighted by molar-refractivity contribution is 5.46. The van der Waals surface area contributed by atoms with Crippen molar-refractivity contribution in [3.05, 3.63) is 36.2 Å². The van der Waals surface area contributed by atoms with Crippen molar-refractivity contribution in [2.75, 3.05) is 0 Å². The maximum atomic E-state index is 12.9. The highest BCUT2D eigenvalue weighted by Crippen LogP contribution is 2.09. The minimum Gasteiger partial charge on any atom is -0.303 e. The van der Waals surface area contributed by atoms with Crippen molar-refractivity contribution >= 4 is 5.52 Å². The van der Waals surface area contributed by atoms with Crippen molar-refractivity contribution in [3.63, 3.8) is 0 Å². The molecule has 2 nitrogen and oxygen atoms in total. The predicted octanol–water partition coefficient (Wildman–Crippen LogP) is 1.78. The topological polar surface area (TPSA) is 17.3 Å². The van der Waals surface area contributed by atoms with Gasteiger partial charge in [-0.25, -0.2) is 9.37 Å². The lowest BCUT2D eigenvalue weighted by atomic mass is 10.3. The average Bonchev–Trinajstić information content (AvgIpc) is 2.36. The van der Waals surface area contributed by atoms with Gasteiger partial charge >= 0.3 is 0 Å². The molecular formula is C8H7FN2. The second-order valence-corrected chi connectivity index (χ2v) is 2.53. The van der Waals surface area contributed by atoms with E-state index in [0.717, 1.165) is 5.52 Å². The van der Waals surface area contributed by atoms with Crippen molar-refractivity contribution in [2.45, 2.75) is 6.92 Å². The predicted molar refractivity (Wildman–Crippen MR) is 39.9 cm³/mol. The number of imidazole rings is 1. The Morgan fingerprint density at radius 1 is 1.55 bits per heavy atom. The van der Waals surface area contributed by atoms with Crippen molar-refractivity contribution < 1.29 is 4.39 Å². The molecule has 0 aliphatic rings. The number of hydrogen-bond acceptors (Lipinski definition) is 1. The summed E-state index contributed by atoms with van der Waals surface area (Å²) in [6, 6.07) is 1.77. The van der Waals surface area contributed by atoms with Crippen LogP contribution in [0.2, 0.25) is 0 Å². The lowest BCUT2D eigenvalue weighted by Gasteiger charge is -1.96. The molecule has 3 heteroatoms. The summed E-state index contributed by atoms with van der Waals surface area (Å²) in [5.74, 6) is -0.199. The summed E-state index contributed by atoms with van der Waals surface area (Å²) in [4.78, 5) is 3.88. The second kappa shape index (κ2) is 2.05. The lowest BCUT2D eigenvalue weighted by molar-refractivity contribution is 0.610. The van der Waals surface area contributed by atoms with Crippen molar-refractivity contribution in [1.82, 2.24) is 9.38 Å². The first-order chi connectivity index (χ1) is 5.27. The van der Waals surface area contributed by atoms with Crippen LogP contribution in [0.1, 0.15) is 5.56 Å². The second-order valence-electron chi connectivity index (χ2n) is 2.53. The molecule has 2 aromatic rings. The molecule has 0 fully saturated rings. The minimum absolute atomic E-state index is 0.199. The molecule has 2 aromatic heterocycles. The number of fused-ring (bicyclic) bond motifs is 1. The van der Waals surface area contributed by atoms with E-state index in [2.05, 4.69) is 4.98 Å². The smallest absolute Gasteiger partial charge is 0.142 e. The lowest BCUT2D eigenvalue weighted by Crippen LogP contribution is -1.87. The Morgan fingerprint density at radius 3 is 3.18 bits per heavy atom. The fourth-order valence-corrected chi connectivity index (χ4v) is 1.05. The average molecular weight is 150 g/mol. The van der Waals surface area contributed by atoms with E-state index in [4.69, 9.17) is 0 Å². The number of hydrogen-bond donors (Lipinski definition) is 0. The van der Waals surface area contributed by atoms with Crippen molar-refractivity contribution in [1.29, 1.82) is 0 Å². The number of rotatable bonds is 0. The molecule has 0 atom stereocenters. The van der Waals surface area contributed by atoms with Crippen molar-refractivity contribution in [2.24, 2.45) is 0 Å². The summed E-state index contributed by atoms with van der Waals surface area (Å²) in [5.41, 5.74) is 1.57. The Hall–Kier alpha value is -1.38. The molecule has 0 aromatic carbocycles. The number of aromatic nitrogens is 2. The zero-order chi connectivity index (χ0) is 7.84. The van der Waals surface area contributed by atoms with Gasteiger partial charge in [-0.2, -0.15) is 0 Å². The first-order valence-electron chi connectivity index (χ1n) is 3.35. The van der Waals surface area contributed by atoms with Gasteiger partial charge in [0.05, 0.1) is 18.0 Å². The molecule has 0 bridgehead atoms. The molecular weight excluding hydrogens is 143 g/mol. The summed E-state index contributed by atoms with van der Waals surface area (Å²) in [6.07, 6.45) is 4.71.